The molecule has 0 unspecified atom stereocenters. The zero-order valence-corrected chi connectivity index (χ0v) is 13.8. The van der Waals surface area contributed by atoms with Crippen LogP contribution in [0.4, 0.5) is 0 Å². The molecule has 2 heterocycles. The topological polar surface area (TPSA) is 61.0 Å². The number of hydrogen-bond acceptors (Lipinski definition) is 3. The highest BCUT2D eigenvalue weighted by atomic mass is 16.2. The van der Waals surface area contributed by atoms with E-state index in [1.54, 1.807) is 11.1 Å². The van der Waals surface area contributed by atoms with Gasteiger partial charge in [-0.15, -0.1) is 0 Å². The van der Waals surface area contributed by atoms with Gasteiger partial charge in [0.1, 0.15) is 5.82 Å². The number of aromatic nitrogens is 2. The molecular formula is C18H24N4O. The van der Waals surface area contributed by atoms with Gasteiger partial charge in [0.2, 0.25) is 0 Å². The van der Waals surface area contributed by atoms with Crippen LogP contribution in [0.15, 0.2) is 30.5 Å². The molecule has 1 aliphatic rings. The van der Waals surface area contributed by atoms with Crippen molar-refractivity contribution in [3.05, 3.63) is 53.1 Å². The molecule has 1 amide bonds. The largest absolute Gasteiger partial charge is 0.345 e. The first-order chi connectivity index (χ1) is 11.1. The number of piperidine rings is 1. The second-order valence-corrected chi connectivity index (χ2v) is 6.34. The molecule has 1 atom stereocenters. The number of aromatic amines is 1. The number of H-pyrrole nitrogens is 1. The third-order valence-corrected chi connectivity index (χ3v) is 4.39. The highest BCUT2D eigenvalue weighted by Gasteiger charge is 2.18. The number of imidazole rings is 1. The first kappa shape index (κ1) is 15.7. The van der Waals surface area contributed by atoms with Crippen molar-refractivity contribution >= 4 is 5.91 Å². The Balaban J connectivity index is 1.71. The van der Waals surface area contributed by atoms with Crippen molar-refractivity contribution < 1.29 is 4.79 Å². The summed E-state index contributed by atoms with van der Waals surface area (Å²) in [5.41, 5.74) is 3.01. The lowest BCUT2D eigenvalue weighted by Crippen LogP contribution is -2.29. The lowest BCUT2D eigenvalue weighted by Gasteiger charge is -2.24. The number of aryl methyl sites for hydroxylation is 1. The van der Waals surface area contributed by atoms with Gasteiger partial charge in [0.25, 0.3) is 5.91 Å². The molecule has 0 radical (unpaired) electrons. The Morgan fingerprint density at radius 2 is 2.30 bits per heavy atom. The molecule has 5 heteroatoms. The normalized spacial score (nSPS) is 17.9. The lowest BCUT2D eigenvalue weighted by atomic mass is 9.90. The molecule has 0 saturated carbocycles. The first-order valence-corrected chi connectivity index (χ1v) is 8.20. The van der Waals surface area contributed by atoms with Crippen molar-refractivity contribution in [1.29, 1.82) is 0 Å². The van der Waals surface area contributed by atoms with Gasteiger partial charge >= 0.3 is 0 Å². The molecule has 1 aromatic heterocycles. The van der Waals surface area contributed by atoms with Gasteiger partial charge in [-0.25, -0.2) is 4.98 Å². The van der Waals surface area contributed by atoms with Crippen molar-refractivity contribution in [2.45, 2.75) is 32.2 Å². The number of carbonyl (C=O) groups is 1. The summed E-state index contributed by atoms with van der Waals surface area (Å²) in [7, 11) is 1.81. The van der Waals surface area contributed by atoms with Gasteiger partial charge < -0.3 is 15.2 Å². The van der Waals surface area contributed by atoms with E-state index in [4.69, 9.17) is 0 Å². The average molecular weight is 312 g/mol. The van der Waals surface area contributed by atoms with Crippen LogP contribution >= 0.6 is 0 Å². The second kappa shape index (κ2) is 6.96. The third kappa shape index (κ3) is 3.79. The molecule has 0 bridgehead atoms. The Morgan fingerprint density at radius 3 is 3.00 bits per heavy atom. The smallest absolute Gasteiger partial charge is 0.254 e. The first-order valence-electron chi connectivity index (χ1n) is 8.20. The lowest BCUT2D eigenvalue weighted by molar-refractivity contribution is 0.0781. The minimum absolute atomic E-state index is 0.0321. The van der Waals surface area contributed by atoms with Crippen molar-refractivity contribution in [3.63, 3.8) is 0 Å². The number of hydrogen-bond donors (Lipinski definition) is 2. The van der Waals surface area contributed by atoms with Crippen molar-refractivity contribution in [2.24, 2.45) is 0 Å². The number of benzene rings is 1. The Hall–Kier alpha value is -2.14. The predicted octanol–water partition coefficient (Wildman–Crippen LogP) is 2.46. The molecule has 3 rings (SSSR count). The van der Waals surface area contributed by atoms with Crippen LogP contribution < -0.4 is 5.32 Å². The van der Waals surface area contributed by atoms with Gasteiger partial charge in [-0.1, -0.05) is 12.1 Å². The maximum Gasteiger partial charge on any atom is 0.254 e. The summed E-state index contributed by atoms with van der Waals surface area (Å²) in [5, 5.41) is 3.43. The van der Waals surface area contributed by atoms with Gasteiger partial charge in [0.05, 0.1) is 6.54 Å². The molecule has 1 aromatic carbocycles. The maximum atomic E-state index is 12.7. The minimum atomic E-state index is 0.0321. The molecule has 2 N–H and O–H groups in total. The zero-order valence-electron chi connectivity index (χ0n) is 13.8. The summed E-state index contributed by atoms with van der Waals surface area (Å²) in [5.74, 6) is 1.35. The van der Waals surface area contributed by atoms with Crippen LogP contribution in [-0.4, -0.2) is 40.9 Å². The van der Waals surface area contributed by atoms with Gasteiger partial charge in [0, 0.05) is 31.0 Å². The molecular weight excluding hydrogens is 288 g/mol. The Morgan fingerprint density at radius 1 is 1.43 bits per heavy atom. The van der Waals surface area contributed by atoms with Gasteiger partial charge in [-0.3, -0.25) is 4.79 Å². The fourth-order valence-corrected chi connectivity index (χ4v) is 3.13. The van der Waals surface area contributed by atoms with Crippen LogP contribution in [0, 0.1) is 6.92 Å². The molecule has 5 nitrogen and oxygen atoms in total. The van der Waals surface area contributed by atoms with Crippen LogP contribution in [0.2, 0.25) is 0 Å². The molecule has 1 fully saturated rings. The van der Waals surface area contributed by atoms with Crippen LogP contribution in [0.5, 0.6) is 0 Å². The van der Waals surface area contributed by atoms with Crippen molar-refractivity contribution in [1.82, 2.24) is 20.2 Å². The van der Waals surface area contributed by atoms with Gasteiger partial charge in [-0.05, 0) is 49.9 Å². The van der Waals surface area contributed by atoms with Gasteiger partial charge in [-0.2, -0.15) is 0 Å². The second-order valence-electron chi connectivity index (χ2n) is 6.34. The average Bonchev–Trinajstić information content (AvgIpc) is 3.00. The van der Waals surface area contributed by atoms with Gasteiger partial charge in [0.15, 0.2) is 0 Å². The summed E-state index contributed by atoms with van der Waals surface area (Å²) in [6, 6.07) is 8.06. The van der Waals surface area contributed by atoms with E-state index in [0.29, 0.717) is 12.5 Å². The Bertz CT molecular complexity index is 673. The van der Waals surface area contributed by atoms with Crippen molar-refractivity contribution in [2.75, 3.05) is 20.1 Å². The molecule has 1 saturated heterocycles. The number of amides is 1. The molecule has 1 aliphatic heterocycles. The highest BCUT2D eigenvalue weighted by molar-refractivity contribution is 5.94. The molecule has 0 spiro atoms. The summed E-state index contributed by atoms with van der Waals surface area (Å²) >= 11 is 0. The molecule has 122 valence electrons. The summed E-state index contributed by atoms with van der Waals surface area (Å²) < 4.78 is 0. The van der Waals surface area contributed by atoms with E-state index in [-0.39, 0.29) is 5.91 Å². The number of nitrogens with zero attached hydrogens (tertiary/aromatic N) is 2. The molecule has 2 aromatic rings. The highest BCUT2D eigenvalue weighted by Crippen LogP contribution is 2.24. The van der Waals surface area contributed by atoms with E-state index in [2.05, 4.69) is 21.4 Å². The summed E-state index contributed by atoms with van der Waals surface area (Å²) in [6.45, 7) is 4.54. The van der Waals surface area contributed by atoms with E-state index in [0.717, 1.165) is 30.2 Å². The standard InChI is InChI=1S/C18H24N4O/c1-13-10-20-17(21-13)12-22(2)18(23)15-6-3-5-14(9-15)16-7-4-8-19-11-16/h3,5-6,9-10,16,19H,4,7-8,11-12H2,1-2H3,(H,20,21)/t16-/m1/s1. The van der Waals surface area contributed by atoms with Crippen LogP contribution in [0.3, 0.4) is 0 Å². The maximum absolute atomic E-state index is 12.7. The van der Waals surface area contributed by atoms with Crippen molar-refractivity contribution in [3.8, 4) is 0 Å². The molecule has 0 aliphatic carbocycles. The summed E-state index contributed by atoms with van der Waals surface area (Å²) in [6.07, 6.45) is 4.16. The Labute approximate surface area is 137 Å². The van der Waals surface area contributed by atoms with Crippen LogP contribution in [-0.2, 0) is 6.54 Å². The third-order valence-electron chi connectivity index (χ3n) is 4.39. The minimum Gasteiger partial charge on any atom is -0.345 e. The monoisotopic (exact) mass is 312 g/mol. The fraction of sp³-hybridized carbons (Fsp3) is 0.444. The summed E-state index contributed by atoms with van der Waals surface area (Å²) in [4.78, 5) is 21.8. The van der Waals surface area contributed by atoms with Crippen LogP contribution in [0.1, 0.15) is 46.2 Å². The van der Waals surface area contributed by atoms with E-state index in [1.165, 1.54) is 18.4 Å². The molecule has 23 heavy (non-hydrogen) atoms. The zero-order chi connectivity index (χ0) is 16.2. The van der Waals surface area contributed by atoms with E-state index < -0.39 is 0 Å². The number of carbonyl (C=O) groups excluding carboxylic acids is 1. The number of rotatable bonds is 4. The van der Waals surface area contributed by atoms with E-state index in [1.807, 2.05) is 32.2 Å². The SMILES string of the molecule is Cc1cnc(CN(C)C(=O)c2cccc([C@@H]3CCCNC3)c2)[nH]1. The van der Waals surface area contributed by atoms with E-state index >= 15 is 0 Å². The fourth-order valence-electron chi connectivity index (χ4n) is 3.13. The Kier molecular flexibility index (Phi) is 4.76. The van der Waals surface area contributed by atoms with Crippen LogP contribution in [0.25, 0.3) is 0 Å². The number of nitrogens with one attached hydrogen (secondary N) is 2. The predicted molar refractivity (Wildman–Crippen MR) is 90.4 cm³/mol. The quantitative estimate of drug-likeness (QED) is 0.911. The van der Waals surface area contributed by atoms with E-state index in [9.17, 15) is 4.79 Å².